The van der Waals surface area contributed by atoms with Gasteiger partial charge >= 0.3 is 0 Å². The van der Waals surface area contributed by atoms with Gasteiger partial charge in [-0.25, -0.2) is 0 Å². The summed E-state index contributed by atoms with van der Waals surface area (Å²) in [5.74, 6) is 0.250. The highest BCUT2D eigenvalue weighted by Gasteiger charge is 2.31. The molecule has 2 aromatic rings. The molecule has 1 aliphatic rings. The summed E-state index contributed by atoms with van der Waals surface area (Å²) >= 11 is 10.1. The summed E-state index contributed by atoms with van der Waals surface area (Å²) in [4.78, 5) is 27.1. The third-order valence-electron chi connectivity index (χ3n) is 4.91. The third kappa shape index (κ3) is 6.89. The molecule has 2 amide bonds. The van der Waals surface area contributed by atoms with Gasteiger partial charge in [-0.2, -0.15) is 0 Å². The number of carbonyl (C=O) groups is 2. The Kier molecular flexibility index (Phi) is 9.08. The number of nitrogens with zero attached hydrogens (tertiary/aromatic N) is 1. The largest absolute Gasteiger partial charge is 0.484 e. The van der Waals surface area contributed by atoms with Gasteiger partial charge < -0.3 is 14.8 Å². The van der Waals surface area contributed by atoms with Crippen LogP contribution in [0.2, 0.25) is 0 Å². The third-order valence-corrected chi connectivity index (χ3v) is 6.75. The van der Waals surface area contributed by atoms with Gasteiger partial charge in [0.05, 0.1) is 4.91 Å². The smallest absolute Gasteiger partial charge is 0.266 e. The van der Waals surface area contributed by atoms with E-state index in [1.54, 1.807) is 24.1 Å². The van der Waals surface area contributed by atoms with Crippen LogP contribution in [0.15, 0.2) is 45.8 Å². The molecule has 0 bridgehead atoms. The number of thioether (sulfide) groups is 1. The van der Waals surface area contributed by atoms with E-state index in [0.29, 0.717) is 28.1 Å². The molecule has 0 spiro atoms. The fourth-order valence-corrected chi connectivity index (χ4v) is 5.30. The monoisotopic (exact) mass is 548 g/mol. The van der Waals surface area contributed by atoms with Gasteiger partial charge in [0.15, 0.2) is 6.61 Å². The molecular formula is C24H25BrN2O4S2. The van der Waals surface area contributed by atoms with Crippen molar-refractivity contribution in [3.8, 4) is 5.75 Å². The van der Waals surface area contributed by atoms with E-state index >= 15 is 0 Å². The van der Waals surface area contributed by atoms with E-state index in [-0.39, 0.29) is 18.4 Å². The number of amides is 2. The van der Waals surface area contributed by atoms with Crippen molar-refractivity contribution in [2.45, 2.75) is 20.3 Å². The zero-order valence-electron chi connectivity index (χ0n) is 18.6. The Balaban J connectivity index is 1.56. The number of aryl methyl sites for hydroxylation is 2. The van der Waals surface area contributed by atoms with Crippen molar-refractivity contribution in [2.24, 2.45) is 0 Å². The van der Waals surface area contributed by atoms with Crippen molar-refractivity contribution >= 4 is 67.8 Å². The Morgan fingerprint density at radius 3 is 2.52 bits per heavy atom. The molecule has 1 N–H and O–H groups in total. The topological polar surface area (TPSA) is 67.9 Å². The normalized spacial score (nSPS) is 14.8. The van der Waals surface area contributed by atoms with Gasteiger partial charge in [0.25, 0.3) is 11.8 Å². The number of hydrogen-bond donors (Lipinski definition) is 1. The molecule has 0 radical (unpaired) electrons. The van der Waals surface area contributed by atoms with Crippen LogP contribution >= 0.6 is 39.9 Å². The molecule has 0 aromatic heterocycles. The van der Waals surface area contributed by atoms with Crippen LogP contribution in [0.25, 0.3) is 6.08 Å². The minimum absolute atomic E-state index is 0.0865. The maximum Gasteiger partial charge on any atom is 0.266 e. The van der Waals surface area contributed by atoms with Gasteiger partial charge in [-0.3, -0.25) is 14.5 Å². The second kappa shape index (κ2) is 11.8. The fraction of sp³-hybridized carbons (Fsp3) is 0.292. The maximum atomic E-state index is 12.6. The molecule has 3 rings (SSSR count). The highest BCUT2D eigenvalue weighted by atomic mass is 79.9. The number of carbonyl (C=O) groups excluding carboxylic acids is 2. The number of methoxy groups -OCH3 is 1. The van der Waals surface area contributed by atoms with Crippen LogP contribution in [-0.4, -0.2) is 47.9 Å². The van der Waals surface area contributed by atoms with E-state index in [1.807, 2.05) is 44.2 Å². The molecule has 9 heteroatoms. The van der Waals surface area contributed by atoms with Crippen molar-refractivity contribution in [2.75, 3.05) is 32.2 Å². The number of ether oxygens (including phenoxy) is 2. The first-order chi connectivity index (χ1) is 15.8. The van der Waals surface area contributed by atoms with Crippen molar-refractivity contribution in [1.82, 2.24) is 4.90 Å². The van der Waals surface area contributed by atoms with Gasteiger partial charge in [-0.05, 0) is 67.3 Å². The number of hydrogen-bond acceptors (Lipinski definition) is 6. The molecular weight excluding hydrogens is 524 g/mol. The quantitative estimate of drug-likeness (QED) is 0.260. The van der Waals surface area contributed by atoms with Crippen LogP contribution in [-0.2, 0) is 14.3 Å². The fourth-order valence-electron chi connectivity index (χ4n) is 3.30. The van der Waals surface area contributed by atoms with E-state index in [4.69, 9.17) is 21.7 Å². The summed E-state index contributed by atoms with van der Waals surface area (Å²) in [6, 6.07) is 11.1. The Bertz CT molecular complexity index is 1060. The van der Waals surface area contributed by atoms with Gasteiger partial charge in [0.1, 0.15) is 10.1 Å². The van der Waals surface area contributed by atoms with Crippen molar-refractivity contribution in [3.05, 3.63) is 62.5 Å². The number of rotatable bonds is 9. The summed E-state index contributed by atoms with van der Waals surface area (Å²) in [6.45, 7) is 4.91. The predicted molar refractivity (Wildman–Crippen MR) is 141 cm³/mol. The molecule has 6 nitrogen and oxygen atoms in total. The number of nitrogens with one attached hydrogen (secondary N) is 1. The number of thiocarbonyl (C=S) groups is 1. The molecule has 0 unspecified atom stereocenters. The molecule has 1 fully saturated rings. The number of anilines is 1. The average molecular weight is 550 g/mol. The molecule has 0 atom stereocenters. The van der Waals surface area contributed by atoms with Gasteiger partial charge in [-0.15, -0.1) is 0 Å². The average Bonchev–Trinajstić information content (AvgIpc) is 3.03. The Morgan fingerprint density at radius 2 is 1.88 bits per heavy atom. The molecule has 2 aromatic carbocycles. The molecule has 1 heterocycles. The molecule has 1 saturated heterocycles. The standard InChI is InChI=1S/C24H25BrN2O4S2/c1-15-11-18(25)12-16(2)22(15)26-21(28)14-31-19-7-5-17(6-8-19)13-20-23(29)27(24(32)33-20)9-4-10-30-3/h5-8,11-13H,4,9-10,14H2,1-3H3,(H,26,28)/b20-13-. The zero-order chi connectivity index (χ0) is 24.0. The van der Waals surface area contributed by atoms with E-state index in [1.165, 1.54) is 11.8 Å². The molecule has 1 aliphatic heterocycles. The first-order valence-electron chi connectivity index (χ1n) is 10.3. The molecule has 0 aliphatic carbocycles. The molecule has 33 heavy (non-hydrogen) atoms. The maximum absolute atomic E-state index is 12.6. The predicted octanol–water partition coefficient (Wildman–Crippen LogP) is 5.32. The van der Waals surface area contributed by atoms with Crippen molar-refractivity contribution < 1.29 is 19.1 Å². The van der Waals surface area contributed by atoms with Crippen LogP contribution in [0.5, 0.6) is 5.75 Å². The van der Waals surface area contributed by atoms with Crippen molar-refractivity contribution in [1.29, 1.82) is 0 Å². The van der Waals surface area contributed by atoms with Crippen LogP contribution < -0.4 is 10.1 Å². The Morgan fingerprint density at radius 1 is 1.21 bits per heavy atom. The van der Waals surface area contributed by atoms with Crippen LogP contribution in [0.1, 0.15) is 23.1 Å². The molecule has 174 valence electrons. The van der Waals surface area contributed by atoms with E-state index < -0.39 is 0 Å². The number of benzene rings is 2. The lowest BCUT2D eigenvalue weighted by molar-refractivity contribution is -0.122. The summed E-state index contributed by atoms with van der Waals surface area (Å²) in [5.41, 5.74) is 3.60. The van der Waals surface area contributed by atoms with Gasteiger partial charge in [0, 0.05) is 30.4 Å². The SMILES string of the molecule is COCCCN1C(=O)/C(=C/c2ccc(OCC(=O)Nc3c(C)cc(Br)cc3C)cc2)SC1=S. The van der Waals surface area contributed by atoms with E-state index in [9.17, 15) is 9.59 Å². The van der Waals surface area contributed by atoms with Gasteiger partial charge in [-0.1, -0.05) is 52.0 Å². The van der Waals surface area contributed by atoms with Crippen LogP contribution in [0, 0.1) is 13.8 Å². The summed E-state index contributed by atoms with van der Waals surface area (Å²) < 4.78 is 12.2. The first kappa shape index (κ1) is 25.4. The lowest BCUT2D eigenvalue weighted by Crippen LogP contribution is -2.29. The minimum atomic E-state index is -0.232. The summed E-state index contributed by atoms with van der Waals surface area (Å²) in [6.07, 6.45) is 2.54. The second-order valence-corrected chi connectivity index (χ2v) is 10.1. The van der Waals surface area contributed by atoms with Crippen molar-refractivity contribution in [3.63, 3.8) is 0 Å². The molecule has 0 saturated carbocycles. The summed E-state index contributed by atoms with van der Waals surface area (Å²) in [5, 5.41) is 2.91. The lowest BCUT2D eigenvalue weighted by atomic mass is 10.1. The van der Waals surface area contributed by atoms with Crippen LogP contribution in [0.3, 0.4) is 0 Å². The summed E-state index contributed by atoms with van der Waals surface area (Å²) in [7, 11) is 1.63. The second-order valence-electron chi connectivity index (χ2n) is 7.50. The highest BCUT2D eigenvalue weighted by molar-refractivity contribution is 9.10. The Hall–Kier alpha value is -2.20. The minimum Gasteiger partial charge on any atom is -0.484 e. The first-order valence-corrected chi connectivity index (χ1v) is 12.3. The highest BCUT2D eigenvalue weighted by Crippen LogP contribution is 2.33. The lowest BCUT2D eigenvalue weighted by Gasteiger charge is -2.13. The van der Waals surface area contributed by atoms with E-state index in [0.717, 1.165) is 33.3 Å². The zero-order valence-corrected chi connectivity index (χ0v) is 21.9. The number of halogens is 1. The van der Waals surface area contributed by atoms with Crippen LogP contribution in [0.4, 0.5) is 5.69 Å². The van der Waals surface area contributed by atoms with E-state index in [2.05, 4.69) is 21.2 Å². The Labute approximate surface area is 211 Å². The van der Waals surface area contributed by atoms with Gasteiger partial charge in [0.2, 0.25) is 0 Å².